The van der Waals surface area contributed by atoms with E-state index in [2.05, 4.69) is 138 Å². The first-order chi connectivity index (χ1) is 27.8. The van der Waals surface area contributed by atoms with Gasteiger partial charge in [0.2, 0.25) is 0 Å². The summed E-state index contributed by atoms with van der Waals surface area (Å²) in [7, 11) is 0. The van der Waals surface area contributed by atoms with Crippen molar-refractivity contribution in [2.24, 2.45) is 0 Å². The maximum Gasteiger partial charge on any atom is 0.164 e. The first-order valence-electron chi connectivity index (χ1n) is 19.1. The third kappa shape index (κ3) is 4.27. The summed E-state index contributed by atoms with van der Waals surface area (Å²) in [5.41, 5.74) is 16.4. The summed E-state index contributed by atoms with van der Waals surface area (Å²) in [6.45, 7) is 0. The van der Waals surface area contributed by atoms with Gasteiger partial charge in [-0.15, -0.1) is 0 Å². The fraction of sp³-hybridized carbons (Fsp3) is 0.0192. The Hall–Kier alpha value is -7.43. The molecular weight excluding hydrogens is 681 g/mol. The lowest BCUT2D eigenvalue weighted by Gasteiger charge is -2.30. The van der Waals surface area contributed by atoms with Crippen LogP contribution in [0.15, 0.2) is 194 Å². The van der Waals surface area contributed by atoms with Crippen LogP contribution >= 0.6 is 0 Å². The van der Waals surface area contributed by atoms with Crippen molar-refractivity contribution >= 4 is 21.8 Å². The molecular formula is C52H32N4. The second kappa shape index (κ2) is 11.8. The fourth-order valence-electron chi connectivity index (χ4n) is 9.55. The summed E-state index contributed by atoms with van der Waals surface area (Å²) in [5.74, 6) is 1.93. The Bertz CT molecular complexity index is 3090. The van der Waals surface area contributed by atoms with E-state index in [9.17, 15) is 0 Å². The molecule has 2 aliphatic carbocycles. The Kier molecular flexibility index (Phi) is 6.52. The zero-order valence-electron chi connectivity index (χ0n) is 30.3. The highest BCUT2D eigenvalue weighted by atomic mass is 15.0. The molecule has 4 nitrogen and oxygen atoms in total. The summed E-state index contributed by atoms with van der Waals surface area (Å²) >= 11 is 0. The highest BCUT2D eigenvalue weighted by molar-refractivity contribution is 6.12. The molecule has 56 heavy (non-hydrogen) atoms. The van der Waals surface area contributed by atoms with E-state index in [-0.39, 0.29) is 0 Å². The molecule has 260 valence electrons. The molecule has 0 fully saturated rings. The lowest BCUT2D eigenvalue weighted by Crippen LogP contribution is -2.25. The van der Waals surface area contributed by atoms with E-state index in [1.165, 1.54) is 60.8 Å². The van der Waals surface area contributed by atoms with Crippen LogP contribution in [-0.4, -0.2) is 19.5 Å². The second-order valence-electron chi connectivity index (χ2n) is 14.7. The van der Waals surface area contributed by atoms with Crippen LogP contribution in [0.1, 0.15) is 22.3 Å². The van der Waals surface area contributed by atoms with Gasteiger partial charge in [0.15, 0.2) is 17.5 Å². The zero-order valence-corrected chi connectivity index (χ0v) is 30.3. The third-order valence-corrected chi connectivity index (χ3v) is 11.9. The van der Waals surface area contributed by atoms with Crippen LogP contribution in [0.2, 0.25) is 0 Å². The Morgan fingerprint density at radius 1 is 0.321 bits per heavy atom. The van der Waals surface area contributed by atoms with Gasteiger partial charge in [-0.1, -0.05) is 164 Å². The summed E-state index contributed by atoms with van der Waals surface area (Å²) in [6, 6.07) is 69.7. The van der Waals surface area contributed by atoms with Gasteiger partial charge in [-0.3, -0.25) is 0 Å². The molecule has 0 amide bonds. The van der Waals surface area contributed by atoms with Crippen molar-refractivity contribution in [1.82, 2.24) is 19.5 Å². The largest absolute Gasteiger partial charge is 0.309 e. The summed E-state index contributed by atoms with van der Waals surface area (Å²) in [5, 5.41) is 2.45. The van der Waals surface area contributed by atoms with Gasteiger partial charge in [-0.25, -0.2) is 15.0 Å². The maximum absolute atomic E-state index is 5.06. The molecule has 4 heteroatoms. The number of rotatable bonds is 4. The van der Waals surface area contributed by atoms with Crippen LogP contribution in [-0.2, 0) is 5.41 Å². The zero-order chi connectivity index (χ0) is 36.8. The minimum atomic E-state index is -0.401. The number of fused-ring (bicyclic) bond motifs is 13. The number of hydrogen-bond donors (Lipinski definition) is 0. The predicted octanol–water partition coefficient (Wildman–Crippen LogP) is 12.3. The average Bonchev–Trinajstić information content (AvgIpc) is 3.87. The number of aromatic nitrogens is 4. The van der Waals surface area contributed by atoms with Crippen LogP contribution in [0.4, 0.5) is 0 Å². The number of nitrogens with zero attached hydrogens (tertiary/aromatic N) is 4. The number of hydrogen-bond acceptors (Lipinski definition) is 3. The van der Waals surface area contributed by atoms with Crippen molar-refractivity contribution in [3.05, 3.63) is 216 Å². The van der Waals surface area contributed by atoms with E-state index in [1.807, 2.05) is 60.7 Å². The van der Waals surface area contributed by atoms with Crippen LogP contribution in [0.3, 0.4) is 0 Å². The number of benzene rings is 8. The quantitative estimate of drug-likeness (QED) is 0.182. The molecule has 2 heterocycles. The summed E-state index contributed by atoms with van der Waals surface area (Å²) in [4.78, 5) is 15.1. The molecule has 12 rings (SSSR count). The average molecular weight is 713 g/mol. The molecule has 1 spiro atoms. The van der Waals surface area contributed by atoms with Crippen molar-refractivity contribution < 1.29 is 0 Å². The van der Waals surface area contributed by atoms with Gasteiger partial charge in [0.1, 0.15) is 0 Å². The van der Waals surface area contributed by atoms with Crippen molar-refractivity contribution in [2.45, 2.75) is 5.41 Å². The highest BCUT2D eigenvalue weighted by Crippen LogP contribution is 2.63. The smallest absolute Gasteiger partial charge is 0.164 e. The van der Waals surface area contributed by atoms with E-state index in [4.69, 9.17) is 15.0 Å². The van der Waals surface area contributed by atoms with Crippen LogP contribution in [0.25, 0.3) is 83.9 Å². The molecule has 10 aromatic rings. The Morgan fingerprint density at radius 2 is 0.804 bits per heavy atom. The second-order valence-corrected chi connectivity index (χ2v) is 14.7. The van der Waals surface area contributed by atoms with Crippen molar-refractivity contribution in [2.75, 3.05) is 0 Å². The molecule has 2 aliphatic rings. The van der Waals surface area contributed by atoms with E-state index >= 15 is 0 Å². The number of para-hydroxylation sites is 1. The predicted molar refractivity (Wildman–Crippen MR) is 227 cm³/mol. The molecule has 2 aromatic heterocycles. The maximum atomic E-state index is 5.06. The van der Waals surface area contributed by atoms with Gasteiger partial charge in [0.25, 0.3) is 0 Å². The summed E-state index contributed by atoms with van der Waals surface area (Å²) in [6.07, 6.45) is 0. The topological polar surface area (TPSA) is 43.6 Å². The van der Waals surface area contributed by atoms with Gasteiger partial charge in [0.05, 0.1) is 16.4 Å². The normalized spacial score (nSPS) is 13.1. The van der Waals surface area contributed by atoms with Gasteiger partial charge in [0, 0.05) is 33.2 Å². The monoisotopic (exact) mass is 712 g/mol. The molecule has 0 bridgehead atoms. The Balaban J connectivity index is 1.10. The van der Waals surface area contributed by atoms with Crippen molar-refractivity contribution in [3.63, 3.8) is 0 Å². The Morgan fingerprint density at radius 3 is 1.41 bits per heavy atom. The molecule has 0 unspecified atom stereocenters. The van der Waals surface area contributed by atoms with Gasteiger partial charge < -0.3 is 4.57 Å². The molecule has 0 saturated carbocycles. The molecule has 8 aromatic carbocycles. The van der Waals surface area contributed by atoms with Gasteiger partial charge in [-0.2, -0.15) is 0 Å². The molecule has 0 radical (unpaired) electrons. The van der Waals surface area contributed by atoms with Crippen molar-refractivity contribution in [3.8, 4) is 62.1 Å². The highest BCUT2D eigenvalue weighted by Gasteiger charge is 2.51. The van der Waals surface area contributed by atoms with Crippen LogP contribution < -0.4 is 0 Å². The van der Waals surface area contributed by atoms with E-state index in [0.717, 1.165) is 27.9 Å². The molecule has 0 saturated heterocycles. The van der Waals surface area contributed by atoms with Gasteiger partial charge >= 0.3 is 0 Å². The molecule has 0 N–H and O–H groups in total. The SMILES string of the molecule is c1ccc(-c2nc(-c3ccccc3)nc(-c3cccc(-n4c5ccccc5c5cc6c(cc54)-c4ccccc4C64c5ccccc5-c5ccccc54)c3)n2)cc1. The van der Waals surface area contributed by atoms with Crippen LogP contribution in [0.5, 0.6) is 0 Å². The minimum Gasteiger partial charge on any atom is -0.309 e. The first-order valence-corrected chi connectivity index (χ1v) is 19.1. The molecule has 0 atom stereocenters. The lowest BCUT2D eigenvalue weighted by atomic mass is 9.70. The summed E-state index contributed by atoms with van der Waals surface area (Å²) < 4.78 is 2.41. The minimum absolute atomic E-state index is 0.401. The third-order valence-electron chi connectivity index (χ3n) is 11.9. The van der Waals surface area contributed by atoms with Gasteiger partial charge in [-0.05, 0) is 74.8 Å². The molecule has 0 aliphatic heterocycles. The van der Waals surface area contributed by atoms with E-state index < -0.39 is 5.41 Å². The van der Waals surface area contributed by atoms with Crippen molar-refractivity contribution in [1.29, 1.82) is 0 Å². The van der Waals surface area contributed by atoms with E-state index in [1.54, 1.807) is 0 Å². The fourth-order valence-corrected chi connectivity index (χ4v) is 9.55. The first kappa shape index (κ1) is 31.0. The van der Waals surface area contributed by atoms with Crippen LogP contribution in [0, 0.1) is 0 Å². The standard InChI is InChI=1S/C52H32N4/c1-3-16-33(17-4-1)49-53-50(34-18-5-2-6-19-34)55-51(54-49)35-20-15-21-36(30-35)56-47-29-14-10-25-40(47)42-31-46-41(32-48(42)56)39-24-9-13-28-45(39)52(46)43-26-11-7-22-37(43)38-23-8-12-27-44(38)52/h1-32H. The van der Waals surface area contributed by atoms with E-state index in [0.29, 0.717) is 17.5 Å². The Labute approximate surface area is 324 Å². The lowest BCUT2D eigenvalue weighted by molar-refractivity contribution is 0.795.